The fraction of sp³-hybridized carbons (Fsp3) is 0.357. The van der Waals surface area contributed by atoms with Gasteiger partial charge in [-0.25, -0.2) is 8.42 Å². The first-order chi connectivity index (χ1) is 9.71. The molecule has 5 nitrogen and oxygen atoms in total. The number of carbonyl (C=O) groups excluding carboxylic acids is 1. The molecule has 0 aliphatic rings. The summed E-state index contributed by atoms with van der Waals surface area (Å²) in [5.41, 5.74) is 0.0742. The Kier molecular flexibility index (Phi) is 5.78. The van der Waals surface area contributed by atoms with Crippen LogP contribution < -0.4 is 5.32 Å². The molecule has 0 fully saturated rings. The molecule has 0 aliphatic carbocycles. The number of carbonyl (C=O) groups is 1. The van der Waals surface area contributed by atoms with Crippen molar-refractivity contribution in [3.63, 3.8) is 0 Å². The number of hydrogen-bond donors (Lipinski definition) is 1. The molecule has 0 bridgehead atoms. The summed E-state index contributed by atoms with van der Waals surface area (Å²) in [6.45, 7) is 3.56. The van der Waals surface area contributed by atoms with Crippen LogP contribution in [0.3, 0.4) is 0 Å². The van der Waals surface area contributed by atoms with Crippen LogP contribution in [-0.4, -0.2) is 38.3 Å². The van der Waals surface area contributed by atoms with Gasteiger partial charge < -0.3 is 5.32 Å². The zero-order valence-corrected chi connectivity index (χ0v) is 13.6. The van der Waals surface area contributed by atoms with E-state index in [4.69, 9.17) is 18.0 Å². The minimum atomic E-state index is -3.68. The second-order valence-corrected chi connectivity index (χ2v) is 7.05. The van der Waals surface area contributed by atoms with Gasteiger partial charge in [0.15, 0.2) is 0 Å². The van der Waals surface area contributed by atoms with Crippen LogP contribution in [0.2, 0.25) is 5.02 Å². The van der Waals surface area contributed by atoms with E-state index in [1.54, 1.807) is 13.8 Å². The van der Waals surface area contributed by atoms with E-state index >= 15 is 0 Å². The van der Waals surface area contributed by atoms with Crippen LogP contribution in [0.5, 0.6) is 0 Å². The number of amides is 1. The molecule has 0 saturated carbocycles. The Morgan fingerprint density at radius 3 is 2.62 bits per heavy atom. The van der Waals surface area contributed by atoms with E-state index in [0.29, 0.717) is 0 Å². The summed E-state index contributed by atoms with van der Waals surface area (Å²) >= 11 is 5.94. The molecule has 21 heavy (non-hydrogen) atoms. The fourth-order valence-electron chi connectivity index (χ4n) is 1.51. The Morgan fingerprint density at radius 1 is 1.48 bits per heavy atom. The molecule has 1 rings (SSSR count). The predicted octanol–water partition coefficient (Wildman–Crippen LogP) is 1.73. The first-order valence-electron chi connectivity index (χ1n) is 6.21. The zero-order chi connectivity index (χ0) is 16.2. The standard InChI is InChI=1S/C14H17ClN2O3S/c1-5-8-16-14(18)12-9-11(6-7-13(12)15)21(19,20)17(4)10(2)3/h1,6-7,9-10H,8H2,2-4H3,(H,16,18). The SMILES string of the molecule is C#CCNC(=O)c1cc(S(=O)(=O)N(C)C(C)C)ccc1Cl. The van der Waals surface area contributed by atoms with Crippen LogP contribution >= 0.6 is 11.6 Å². The highest BCUT2D eigenvalue weighted by atomic mass is 35.5. The number of rotatable bonds is 5. The van der Waals surface area contributed by atoms with Crippen molar-refractivity contribution in [3.05, 3.63) is 28.8 Å². The lowest BCUT2D eigenvalue weighted by atomic mass is 10.2. The molecule has 114 valence electrons. The molecule has 0 radical (unpaired) electrons. The third-order valence-electron chi connectivity index (χ3n) is 2.94. The van der Waals surface area contributed by atoms with Gasteiger partial charge in [-0.15, -0.1) is 6.42 Å². The van der Waals surface area contributed by atoms with Gasteiger partial charge in [0.1, 0.15) is 0 Å². The van der Waals surface area contributed by atoms with E-state index in [2.05, 4.69) is 11.2 Å². The summed E-state index contributed by atoms with van der Waals surface area (Å²) < 4.78 is 26.0. The topological polar surface area (TPSA) is 66.5 Å². The van der Waals surface area contributed by atoms with Gasteiger partial charge in [-0.2, -0.15) is 4.31 Å². The molecule has 0 aromatic heterocycles. The Morgan fingerprint density at radius 2 is 2.10 bits per heavy atom. The Bertz CT molecular complexity index is 678. The molecule has 0 saturated heterocycles. The lowest BCUT2D eigenvalue weighted by Gasteiger charge is -2.21. The molecule has 1 N–H and O–H groups in total. The fourth-order valence-corrected chi connectivity index (χ4v) is 3.11. The van der Waals surface area contributed by atoms with Crippen molar-refractivity contribution >= 4 is 27.5 Å². The van der Waals surface area contributed by atoms with Gasteiger partial charge in [0.2, 0.25) is 10.0 Å². The van der Waals surface area contributed by atoms with Crippen molar-refractivity contribution in [2.75, 3.05) is 13.6 Å². The molecule has 0 unspecified atom stereocenters. The van der Waals surface area contributed by atoms with Crippen LogP contribution in [0, 0.1) is 12.3 Å². The molecule has 0 spiro atoms. The maximum atomic E-state index is 12.4. The molecule has 1 aromatic carbocycles. The highest BCUT2D eigenvalue weighted by molar-refractivity contribution is 7.89. The van der Waals surface area contributed by atoms with Crippen molar-refractivity contribution in [1.29, 1.82) is 0 Å². The second kappa shape index (κ2) is 6.94. The van der Waals surface area contributed by atoms with Gasteiger partial charge in [0.05, 0.1) is 22.0 Å². The van der Waals surface area contributed by atoms with E-state index < -0.39 is 15.9 Å². The number of benzene rings is 1. The van der Waals surface area contributed by atoms with Gasteiger partial charge in [-0.1, -0.05) is 17.5 Å². The number of terminal acetylenes is 1. The van der Waals surface area contributed by atoms with Crippen molar-refractivity contribution in [2.24, 2.45) is 0 Å². The number of nitrogens with one attached hydrogen (secondary N) is 1. The monoisotopic (exact) mass is 328 g/mol. The average Bonchev–Trinajstić information content (AvgIpc) is 2.43. The van der Waals surface area contributed by atoms with Gasteiger partial charge in [-0.3, -0.25) is 4.79 Å². The van der Waals surface area contributed by atoms with E-state index in [0.717, 1.165) is 0 Å². The summed E-state index contributed by atoms with van der Waals surface area (Å²) in [6, 6.07) is 3.80. The van der Waals surface area contributed by atoms with Crippen molar-refractivity contribution in [1.82, 2.24) is 9.62 Å². The summed E-state index contributed by atoms with van der Waals surface area (Å²) in [7, 11) is -2.20. The summed E-state index contributed by atoms with van der Waals surface area (Å²) in [5.74, 6) is 1.75. The van der Waals surface area contributed by atoms with Crippen LogP contribution in [0.4, 0.5) is 0 Å². The Labute approximate surface area is 130 Å². The average molecular weight is 329 g/mol. The van der Waals surface area contributed by atoms with E-state index in [9.17, 15) is 13.2 Å². The first kappa shape index (κ1) is 17.5. The van der Waals surface area contributed by atoms with Gasteiger partial charge in [-0.05, 0) is 32.0 Å². The van der Waals surface area contributed by atoms with Crippen LogP contribution in [0.15, 0.2) is 23.1 Å². The summed E-state index contributed by atoms with van der Waals surface area (Å²) in [4.78, 5) is 11.9. The normalized spacial score (nSPS) is 11.5. The van der Waals surface area contributed by atoms with Gasteiger partial charge in [0, 0.05) is 13.1 Å². The number of halogens is 1. The molecule has 7 heteroatoms. The Balaban J connectivity index is 3.25. The highest BCUT2D eigenvalue weighted by Crippen LogP contribution is 2.23. The second-order valence-electron chi connectivity index (χ2n) is 4.64. The summed E-state index contributed by atoms with van der Waals surface area (Å²) in [6.07, 6.45) is 5.06. The summed E-state index contributed by atoms with van der Waals surface area (Å²) in [5, 5.41) is 2.61. The van der Waals surface area contributed by atoms with Gasteiger partial charge >= 0.3 is 0 Å². The lowest BCUT2D eigenvalue weighted by molar-refractivity contribution is 0.0958. The third-order valence-corrected chi connectivity index (χ3v) is 5.30. The lowest BCUT2D eigenvalue weighted by Crippen LogP contribution is -2.33. The van der Waals surface area contributed by atoms with Crippen LogP contribution in [0.25, 0.3) is 0 Å². The smallest absolute Gasteiger partial charge is 0.253 e. The Hall–Kier alpha value is -1.55. The molecule has 0 aliphatic heterocycles. The molecular weight excluding hydrogens is 312 g/mol. The van der Waals surface area contributed by atoms with Crippen LogP contribution in [0.1, 0.15) is 24.2 Å². The van der Waals surface area contributed by atoms with E-state index in [1.165, 1.54) is 29.6 Å². The van der Waals surface area contributed by atoms with E-state index in [1.807, 2.05) is 0 Å². The zero-order valence-electron chi connectivity index (χ0n) is 12.1. The molecule has 0 atom stereocenters. The van der Waals surface area contributed by atoms with Crippen LogP contribution in [-0.2, 0) is 10.0 Å². The third kappa shape index (κ3) is 3.97. The minimum absolute atomic E-state index is 0.00829. The van der Waals surface area contributed by atoms with Crippen molar-refractivity contribution in [3.8, 4) is 12.3 Å². The van der Waals surface area contributed by atoms with E-state index in [-0.39, 0.29) is 28.1 Å². The minimum Gasteiger partial charge on any atom is -0.341 e. The number of hydrogen-bond acceptors (Lipinski definition) is 3. The molecular formula is C14H17ClN2O3S. The largest absolute Gasteiger partial charge is 0.341 e. The maximum Gasteiger partial charge on any atom is 0.253 e. The quantitative estimate of drug-likeness (QED) is 0.837. The maximum absolute atomic E-state index is 12.4. The number of nitrogens with zero attached hydrogens (tertiary/aromatic N) is 1. The molecule has 1 aromatic rings. The molecule has 1 amide bonds. The number of sulfonamides is 1. The van der Waals surface area contributed by atoms with Crippen molar-refractivity contribution < 1.29 is 13.2 Å². The predicted molar refractivity (Wildman–Crippen MR) is 82.7 cm³/mol. The van der Waals surface area contributed by atoms with Gasteiger partial charge in [0.25, 0.3) is 5.91 Å². The highest BCUT2D eigenvalue weighted by Gasteiger charge is 2.24. The first-order valence-corrected chi connectivity index (χ1v) is 8.03. The molecule has 0 heterocycles. The van der Waals surface area contributed by atoms with Crippen molar-refractivity contribution in [2.45, 2.75) is 24.8 Å².